The molecule has 4 nitrogen and oxygen atoms in total. The second-order valence-electron chi connectivity index (χ2n) is 4.16. The van der Waals surface area contributed by atoms with Gasteiger partial charge in [-0.05, 0) is 26.8 Å². The van der Waals surface area contributed by atoms with Crippen LogP contribution in [0.4, 0.5) is 0 Å². The first-order chi connectivity index (χ1) is 8.54. The first-order valence-corrected chi connectivity index (χ1v) is 5.65. The predicted molar refractivity (Wildman–Crippen MR) is 67.1 cm³/mol. The molecule has 0 fully saturated rings. The van der Waals surface area contributed by atoms with Gasteiger partial charge in [0.05, 0.1) is 18.9 Å². The SMILES string of the molecule is COc1cncc(C(=O)c2c(C)oc(C)c2C)c1. The Hall–Kier alpha value is -2.10. The van der Waals surface area contributed by atoms with E-state index < -0.39 is 0 Å². The fraction of sp³-hybridized carbons (Fsp3) is 0.286. The highest BCUT2D eigenvalue weighted by Gasteiger charge is 2.20. The Kier molecular flexibility index (Phi) is 3.19. The summed E-state index contributed by atoms with van der Waals surface area (Å²) in [4.78, 5) is 16.4. The van der Waals surface area contributed by atoms with Crippen LogP contribution >= 0.6 is 0 Å². The highest BCUT2D eigenvalue weighted by atomic mass is 16.5. The van der Waals surface area contributed by atoms with Gasteiger partial charge in [0, 0.05) is 17.3 Å². The number of rotatable bonds is 3. The number of nitrogens with zero attached hydrogens (tertiary/aromatic N) is 1. The molecule has 0 saturated heterocycles. The minimum atomic E-state index is -0.0896. The van der Waals surface area contributed by atoms with E-state index in [1.54, 1.807) is 26.3 Å². The van der Waals surface area contributed by atoms with E-state index >= 15 is 0 Å². The first-order valence-electron chi connectivity index (χ1n) is 5.65. The molecule has 0 amide bonds. The maximum atomic E-state index is 12.4. The van der Waals surface area contributed by atoms with Gasteiger partial charge in [0.2, 0.25) is 0 Å². The number of hydrogen-bond donors (Lipinski definition) is 0. The second-order valence-corrected chi connectivity index (χ2v) is 4.16. The molecule has 0 radical (unpaired) electrons. The van der Waals surface area contributed by atoms with Crippen molar-refractivity contribution in [3.63, 3.8) is 0 Å². The van der Waals surface area contributed by atoms with Gasteiger partial charge in [0.1, 0.15) is 17.3 Å². The normalized spacial score (nSPS) is 10.4. The average Bonchev–Trinajstić information content (AvgIpc) is 2.62. The molecule has 0 spiro atoms. The van der Waals surface area contributed by atoms with Gasteiger partial charge in [-0.15, -0.1) is 0 Å². The van der Waals surface area contributed by atoms with Gasteiger partial charge >= 0.3 is 0 Å². The van der Waals surface area contributed by atoms with Crippen molar-refractivity contribution >= 4 is 5.78 Å². The van der Waals surface area contributed by atoms with Crippen LogP contribution in [0, 0.1) is 20.8 Å². The second kappa shape index (κ2) is 4.64. The molecule has 0 saturated carbocycles. The molecule has 0 aromatic carbocycles. The van der Waals surface area contributed by atoms with Gasteiger partial charge in [-0.3, -0.25) is 9.78 Å². The summed E-state index contributed by atoms with van der Waals surface area (Å²) in [5.74, 6) is 1.88. The van der Waals surface area contributed by atoms with Gasteiger partial charge in [0.15, 0.2) is 5.78 Å². The molecule has 2 aromatic rings. The van der Waals surface area contributed by atoms with Crippen molar-refractivity contribution in [2.45, 2.75) is 20.8 Å². The minimum absolute atomic E-state index is 0.0896. The van der Waals surface area contributed by atoms with Crippen LogP contribution in [0.15, 0.2) is 22.9 Å². The summed E-state index contributed by atoms with van der Waals surface area (Å²) in [5, 5.41) is 0. The van der Waals surface area contributed by atoms with Crippen molar-refractivity contribution in [3.05, 3.63) is 46.7 Å². The van der Waals surface area contributed by atoms with Crippen molar-refractivity contribution in [3.8, 4) is 5.75 Å². The van der Waals surface area contributed by atoms with Crippen molar-refractivity contribution in [1.29, 1.82) is 0 Å². The van der Waals surface area contributed by atoms with Gasteiger partial charge < -0.3 is 9.15 Å². The highest BCUT2D eigenvalue weighted by molar-refractivity contribution is 6.10. The maximum Gasteiger partial charge on any atom is 0.198 e. The van der Waals surface area contributed by atoms with Crippen LogP contribution in [-0.4, -0.2) is 17.9 Å². The zero-order valence-electron chi connectivity index (χ0n) is 10.9. The zero-order valence-corrected chi connectivity index (χ0v) is 10.9. The van der Waals surface area contributed by atoms with Crippen molar-refractivity contribution < 1.29 is 13.9 Å². The van der Waals surface area contributed by atoms with Crippen LogP contribution in [0.5, 0.6) is 5.75 Å². The number of hydrogen-bond acceptors (Lipinski definition) is 4. The molecular formula is C14H15NO3. The molecule has 0 aliphatic carbocycles. The van der Waals surface area contributed by atoms with Crippen LogP contribution in [0.25, 0.3) is 0 Å². The molecule has 2 heterocycles. The van der Waals surface area contributed by atoms with Gasteiger partial charge in [-0.1, -0.05) is 0 Å². The molecule has 2 aromatic heterocycles. The molecule has 0 unspecified atom stereocenters. The monoisotopic (exact) mass is 245 g/mol. The van der Waals surface area contributed by atoms with Crippen molar-refractivity contribution in [1.82, 2.24) is 4.98 Å². The zero-order chi connectivity index (χ0) is 13.3. The summed E-state index contributed by atoms with van der Waals surface area (Å²) in [6, 6.07) is 1.68. The van der Waals surface area contributed by atoms with Crippen LogP contribution in [0.1, 0.15) is 33.0 Å². The van der Waals surface area contributed by atoms with E-state index in [2.05, 4.69) is 4.98 Å². The largest absolute Gasteiger partial charge is 0.495 e. The number of ether oxygens (including phenoxy) is 1. The van der Waals surface area contributed by atoms with Crippen LogP contribution in [0.3, 0.4) is 0 Å². The lowest BCUT2D eigenvalue weighted by Gasteiger charge is -2.03. The minimum Gasteiger partial charge on any atom is -0.495 e. The van der Waals surface area contributed by atoms with E-state index in [0.29, 0.717) is 22.6 Å². The maximum absolute atomic E-state index is 12.4. The van der Waals surface area contributed by atoms with E-state index in [4.69, 9.17) is 9.15 Å². The Morgan fingerprint density at radius 2 is 1.94 bits per heavy atom. The third kappa shape index (κ3) is 2.01. The molecule has 0 aliphatic heterocycles. The average molecular weight is 245 g/mol. The number of aromatic nitrogens is 1. The van der Waals surface area contributed by atoms with Crippen molar-refractivity contribution in [2.75, 3.05) is 7.11 Å². The Morgan fingerprint density at radius 3 is 2.50 bits per heavy atom. The standard InChI is InChI=1S/C14H15NO3/c1-8-9(2)18-10(3)13(8)14(16)11-5-12(17-4)7-15-6-11/h5-7H,1-4H3. The summed E-state index contributed by atoms with van der Waals surface area (Å²) in [7, 11) is 1.55. The van der Waals surface area contributed by atoms with E-state index in [-0.39, 0.29) is 5.78 Å². The number of furan rings is 1. The molecular weight excluding hydrogens is 230 g/mol. The highest BCUT2D eigenvalue weighted by Crippen LogP contribution is 2.24. The molecule has 18 heavy (non-hydrogen) atoms. The molecule has 0 N–H and O–H groups in total. The molecule has 0 aliphatic rings. The summed E-state index contributed by atoms with van der Waals surface area (Å²) in [5.41, 5.74) is 1.99. The predicted octanol–water partition coefficient (Wildman–Crippen LogP) is 2.84. The lowest BCUT2D eigenvalue weighted by Crippen LogP contribution is -2.04. The number of methoxy groups -OCH3 is 1. The van der Waals surface area contributed by atoms with Crippen LogP contribution < -0.4 is 4.74 Å². The molecule has 4 heteroatoms. The fourth-order valence-corrected chi connectivity index (χ4v) is 1.93. The van der Waals surface area contributed by atoms with Gasteiger partial charge in [-0.2, -0.15) is 0 Å². The fourth-order valence-electron chi connectivity index (χ4n) is 1.93. The quantitative estimate of drug-likeness (QED) is 0.780. The summed E-state index contributed by atoms with van der Waals surface area (Å²) in [6.07, 6.45) is 3.10. The first kappa shape index (κ1) is 12.4. The van der Waals surface area contributed by atoms with Crippen LogP contribution in [-0.2, 0) is 0 Å². The summed E-state index contributed by atoms with van der Waals surface area (Å²) >= 11 is 0. The Morgan fingerprint density at radius 1 is 1.22 bits per heavy atom. The Labute approximate surface area is 106 Å². The Bertz CT molecular complexity index is 599. The number of ketones is 1. The number of pyridine rings is 1. The number of carbonyl (C=O) groups is 1. The lowest BCUT2D eigenvalue weighted by molar-refractivity contribution is 0.103. The smallest absolute Gasteiger partial charge is 0.198 e. The number of carbonyl (C=O) groups excluding carboxylic acids is 1. The molecule has 0 atom stereocenters. The lowest BCUT2D eigenvalue weighted by atomic mass is 10.0. The van der Waals surface area contributed by atoms with E-state index in [0.717, 1.165) is 11.3 Å². The molecule has 0 bridgehead atoms. The van der Waals surface area contributed by atoms with E-state index in [9.17, 15) is 4.79 Å². The molecule has 2 rings (SSSR count). The van der Waals surface area contributed by atoms with E-state index in [1.165, 1.54) is 6.20 Å². The van der Waals surface area contributed by atoms with Gasteiger partial charge in [-0.25, -0.2) is 0 Å². The van der Waals surface area contributed by atoms with Gasteiger partial charge in [0.25, 0.3) is 0 Å². The topological polar surface area (TPSA) is 52.3 Å². The summed E-state index contributed by atoms with van der Waals surface area (Å²) < 4.78 is 10.5. The van der Waals surface area contributed by atoms with E-state index in [1.807, 2.05) is 13.8 Å². The number of aryl methyl sites for hydroxylation is 2. The Balaban J connectivity index is 2.47. The van der Waals surface area contributed by atoms with Crippen molar-refractivity contribution in [2.24, 2.45) is 0 Å². The third-order valence-corrected chi connectivity index (χ3v) is 3.00. The third-order valence-electron chi connectivity index (χ3n) is 3.00. The molecule has 94 valence electrons. The van der Waals surface area contributed by atoms with Crippen LogP contribution in [0.2, 0.25) is 0 Å². The summed E-state index contributed by atoms with van der Waals surface area (Å²) in [6.45, 7) is 5.52.